The van der Waals surface area contributed by atoms with Crippen molar-refractivity contribution in [2.45, 2.75) is 32.7 Å². The molecule has 0 amide bonds. The molecule has 1 heterocycles. The summed E-state index contributed by atoms with van der Waals surface area (Å²) in [6.45, 7) is 5.21. The lowest BCUT2D eigenvalue weighted by Crippen LogP contribution is -2.21. The van der Waals surface area contributed by atoms with Crippen molar-refractivity contribution in [1.82, 2.24) is 9.55 Å². The Bertz CT molecular complexity index is 757. The standard InChI is InChI=1S/C15H18N2O3.C2HF3O2/c1-3-20-11(2)14-16-8-9-17(14)10-12-4-6-13(7-5-12)15(18)19;3-2(4,5)1(6)7/h4-9,11H,3,10H2,1-2H3,(H,18,19);(H,6,7). The molecule has 1 aromatic carbocycles. The van der Waals surface area contributed by atoms with Gasteiger partial charge in [0.15, 0.2) is 0 Å². The van der Waals surface area contributed by atoms with Gasteiger partial charge in [-0.1, -0.05) is 12.1 Å². The minimum absolute atomic E-state index is 0.0618. The summed E-state index contributed by atoms with van der Waals surface area (Å²) in [5.41, 5.74) is 1.32. The van der Waals surface area contributed by atoms with E-state index in [1.54, 1.807) is 18.3 Å². The highest BCUT2D eigenvalue weighted by Gasteiger charge is 2.38. The molecule has 0 fully saturated rings. The molecule has 1 aromatic heterocycles. The number of alkyl halides is 3. The molecule has 1 atom stereocenters. The summed E-state index contributed by atoms with van der Waals surface area (Å²) in [4.78, 5) is 24.0. The first-order chi connectivity index (χ1) is 12.6. The van der Waals surface area contributed by atoms with Gasteiger partial charge in [-0.25, -0.2) is 14.6 Å². The van der Waals surface area contributed by atoms with Crippen molar-refractivity contribution >= 4 is 11.9 Å². The van der Waals surface area contributed by atoms with Crippen LogP contribution in [0.25, 0.3) is 0 Å². The minimum Gasteiger partial charge on any atom is -0.478 e. The summed E-state index contributed by atoms with van der Waals surface area (Å²) in [5, 5.41) is 16.0. The number of carboxylic acid groups (broad SMARTS) is 2. The van der Waals surface area contributed by atoms with Crippen LogP contribution < -0.4 is 0 Å². The molecule has 10 heteroatoms. The highest BCUT2D eigenvalue weighted by Crippen LogP contribution is 2.16. The maximum Gasteiger partial charge on any atom is 0.490 e. The molecule has 0 saturated heterocycles. The van der Waals surface area contributed by atoms with E-state index in [4.69, 9.17) is 19.7 Å². The van der Waals surface area contributed by atoms with Gasteiger partial charge in [0.1, 0.15) is 11.9 Å². The Morgan fingerprint density at radius 2 is 1.78 bits per heavy atom. The fourth-order valence-electron chi connectivity index (χ4n) is 2.09. The van der Waals surface area contributed by atoms with Gasteiger partial charge >= 0.3 is 18.1 Å². The number of benzene rings is 1. The number of ether oxygens (including phenoxy) is 1. The van der Waals surface area contributed by atoms with Gasteiger partial charge in [0.05, 0.1) is 5.56 Å². The van der Waals surface area contributed by atoms with Gasteiger partial charge in [0.25, 0.3) is 0 Å². The summed E-state index contributed by atoms with van der Waals surface area (Å²) in [6.07, 6.45) is -1.50. The molecular formula is C17H19F3N2O5. The number of hydrogen-bond donors (Lipinski definition) is 2. The van der Waals surface area contributed by atoms with Gasteiger partial charge in [0, 0.05) is 25.5 Å². The lowest BCUT2D eigenvalue weighted by Gasteiger charge is -2.14. The Labute approximate surface area is 153 Å². The highest BCUT2D eigenvalue weighted by molar-refractivity contribution is 5.87. The molecule has 2 aromatic rings. The van der Waals surface area contributed by atoms with Crippen LogP contribution in [0, 0.1) is 0 Å². The summed E-state index contributed by atoms with van der Waals surface area (Å²) in [6, 6.07) is 6.86. The van der Waals surface area contributed by atoms with Gasteiger partial charge in [-0.05, 0) is 31.5 Å². The first-order valence-electron chi connectivity index (χ1n) is 7.81. The number of halogens is 3. The van der Waals surface area contributed by atoms with Crippen LogP contribution in [0.3, 0.4) is 0 Å². The van der Waals surface area contributed by atoms with E-state index in [1.807, 2.05) is 36.7 Å². The molecule has 0 bridgehead atoms. The molecule has 148 valence electrons. The van der Waals surface area contributed by atoms with Crippen molar-refractivity contribution in [3.05, 3.63) is 53.6 Å². The number of carboxylic acids is 2. The van der Waals surface area contributed by atoms with Crippen molar-refractivity contribution in [2.24, 2.45) is 0 Å². The molecule has 2 N–H and O–H groups in total. The Morgan fingerprint density at radius 3 is 2.22 bits per heavy atom. The second-order valence-electron chi connectivity index (χ2n) is 5.32. The normalized spacial score (nSPS) is 12.0. The van der Waals surface area contributed by atoms with Gasteiger partial charge in [0.2, 0.25) is 0 Å². The molecule has 7 nitrogen and oxygen atoms in total. The summed E-state index contributed by atoms with van der Waals surface area (Å²) >= 11 is 0. The summed E-state index contributed by atoms with van der Waals surface area (Å²) < 4.78 is 39.3. The fourth-order valence-corrected chi connectivity index (χ4v) is 2.09. The zero-order chi connectivity index (χ0) is 20.6. The van der Waals surface area contributed by atoms with E-state index in [2.05, 4.69) is 4.98 Å². The average molecular weight is 388 g/mol. The van der Waals surface area contributed by atoms with E-state index in [9.17, 15) is 18.0 Å². The van der Waals surface area contributed by atoms with Crippen LogP contribution in [0.1, 0.15) is 41.7 Å². The molecule has 1 unspecified atom stereocenters. The number of hydrogen-bond acceptors (Lipinski definition) is 4. The van der Waals surface area contributed by atoms with Crippen molar-refractivity contribution in [2.75, 3.05) is 6.61 Å². The molecule has 0 aliphatic heterocycles. The molecule has 27 heavy (non-hydrogen) atoms. The Balaban J connectivity index is 0.000000445. The zero-order valence-corrected chi connectivity index (χ0v) is 14.6. The SMILES string of the molecule is CCOC(C)c1nccn1Cc1ccc(C(=O)O)cc1.O=C(O)C(F)(F)F. The summed E-state index contributed by atoms with van der Waals surface area (Å²) in [5.74, 6) is -2.80. The zero-order valence-electron chi connectivity index (χ0n) is 14.6. The number of imidazole rings is 1. The van der Waals surface area contributed by atoms with Crippen LogP contribution in [-0.2, 0) is 16.1 Å². The number of aromatic nitrogens is 2. The minimum atomic E-state index is -5.08. The fraction of sp³-hybridized carbons (Fsp3) is 0.353. The van der Waals surface area contributed by atoms with E-state index in [0.29, 0.717) is 18.7 Å². The quantitative estimate of drug-likeness (QED) is 0.787. The van der Waals surface area contributed by atoms with E-state index in [1.165, 1.54) is 0 Å². The first-order valence-corrected chi connectivity index (χ1v) is 7.81. The van der Waals surface area contributed by atoms with Crippen molar-refractivity contribution in [3.63, 3.8) is 0 Å². The monoisotopic (exact) mass is 388 g/mol. The van der Waals surface area contributed by atoms with Gasteiger partial charge < -0.3 is 19.5 Å². The second-order valence-corrected chi connectivity index (χ2v) is 5.32. The largest absolute Gasteiger partial charge is 0.490 e. The molecule has 0 saturated carbocycles. The lowest BCUT2D eigenvalue weighted by atomic mass is 10.1. The third-order valence-electron chi connectivity index (χ3n) is 3.32. The van der Waals surface area contributed by atoms with Crippen molar-refractivity contribution in [3.8, 4) is 0 Å². The highest BCUT2D eigenvalue weighted by atomic mass is 19.4. The molecule has 2 rings (SSSR count). The van der Waals surface area contributed by atoms with Gasteiger partial charge in [-0.2, -0.15) is 13.2 Å². The summed E-state index contributed by atoms with van der Waals surface area (Å²) in [7, 11) is 0. The lowest BCUT2D eigenvalue weighted by molar-refractivity contribution is -0.192. The molecular weight excluding hydrogens is 369 g/mol. The van der Waals surface area contributed by atoms with Gasteiger partial charge in [-0.3, -0.25) is 0 Å². The van der Waals surface area contributed by atoms with E-state index >= 15 is 0 Å². The number of nitrogens with zero attached hydrogens (tertiary/aromatic N) is 2. The second kappa shape index (κ2) is 9.72. The van der Waals surface area contributed by atoms with Crippen LogP contribution in [0.2, 0.25) is 0 Å². The van der Waals surface area contributed by atoms with Crippen LogP contribution in [0.4, 0.5) is 13.2 Å². The smallest absolute Gasteiger partial charge is 0.478 e. The van der Waals surface area contributed by atoms with Crippen molar-refractivity contribution < 1.29 is 37.7 Å². The van der Waals surface area contributed by atoms with E-state index < -0.39 is 18.1 Å². The first kappa shape index (κ1) is 22.2. The third-order valence-corrected chi connectivity index (χ3v) is 3.32. The van der Waals surface area contributed by atoms with Crippen LogP contribution in [0.5, 0.6) is 0 Å². The van der Waals surface area contributed by atoms with Gasteiger partial charge in [-0.15, -0.1) is 0 Å². The Morgan fingerprint density at radius 1 is 1.22 bits per heavy atom. The maximum absolute atomic E-state index is 10.8. The third kappa shape index (κ3) is 7.10. The number of aromatic carboxylic acids is 1. The predicted molar refractivity (Wildman–Crippen MR) is 88.5 cm³/mol. The predicted octanol–water partition coefficient (Wildman–Crippen LogP) is 3.36. The topological polar surface area (TPSA) is 102 Å². The molecule has 0 aliphatic rings. The Kier molecular flexibility index (Phi) is 7.98. The van der Waals surface area contributed by atoms with E-state index in [0.717, 1.165) is 11.4 Å². The van der Waals surface area contributed by atoms with Crippen LogP contribution >= 0.6 is 0 Å². The molecule has 0 radical (unpaired) electrons. The molecule has 0 spiro atoms. The van der Waals surface area contributed by atoms with Crippen LogP contribution in [-0.4, -0.2) is 44.5 Å². The number of aliphatic carboxylic acids is 1. The Hall–Kier alpha value is -2.88. The number of rotatable bonds is 6. The van der Waals surface area contributed by atoms with Crippen LogP contribution in [0.15, 0.2) is 36.7 Å². The van der Waals surface area contributed by atoms with E-state index in [-0.39, 0.29) is 6.10 Å². The van der Waals surface area contributed by atoms with Crippen molar-refractivity contribution in [1.29, 1.82) is 0 Å². The maximum atomic E-state index is 10.8. The number of carbonyl (C=O) groups is 2. The average Bonchev–Trinajstić information content (AvgIpc) is 3.03. The molecule has 0 aliphatic carbocycles.